The quantitative estimate of drug-likeness (QED) is 0.691. The molecular weight excluding hydrogens is 270 g/mol. The monoisotopic (exact) mass is 285 g/mol. The van der Waals surface area contributed by atoms with Gasteiger partial charge in [0.15, 0.2) is 0 Å². The Morgan fingerprint density at radius 3 is 2.76 bits per heavy atom. The Kier molecular flexibility index (Phi) is 3.51. The van der Waals surface area contributed by atoms with Crippen molar-refractivity contribution in [2.75, 3.05) is 0 Å². The van der Waals surface area contributed by atoms with Crippen LogP contribution in [-0.4, -0.2) is 15.1 Å². The number of rotatable bonds is 3. The molecule has 1 aromatic heterocycles. The van der Waals surface area contributed by atoms with E-state index >= 15 is 0 Å². The number of nitrogens with zero attached hydrogens (tertiary/aromatic N) is 2. The number of aromatic amines is 1. The van der Waals surface area contributed by atoms with E-state index in [9.17, 15) is 14.9 Å². The fraction of sp³-hybridized carbons (Fsp3) is 0.333. The minimum Gasteiger partial charge on any atom is -0.268 e. The summed E-state index contributed by atoms with van der Waals surface area (Å²) in [7, 11) is 0. The molecule has 1 heterocycles. The molecule has 6 heteroatoms. The molecule has 0 aliphatic heterocycles. The molecule has 0 saturated carbocycles. The number of nitro benzene ring substituents is 1. The van der Waals surface area contributed by atoms with Crippen molar-refractivity contribution >= 4 is 5.69 Å². The van der Waals surface area contributed by atoms with Crippen molar-refractivity contribution in [3.05, 3.63) is 67.1 Å². The molecule has 0 unspecified atom stereocenters. The molecule has 108 valence electrons. The van der Waals surface area contributed by atoms with E-state index in [1.54, 1.807) is 12.1 Å². The molecule has 1 aliphatic rings. The molecule has 1 aliphatic carbocycles. The number of non-ortho nitro benzene ring substituents is 1. The third-order valence-corrected chi connectivity index (χ3v) is 3.88. The number of fused-ring (bicyclic) bond motifs is 1. The lowest BCUT2D eigenvalue weighted by molar-refractivity contribution is -0.384. The van der Waals surface area contributed by atoms with Crippen molar-refractivity contribution in [2.24, 2.45) is 0 Å². The van der Waals surface area contributed by atoms with Gasteiger partial charge in [-0.15, -0.1) is 0 Å². The largest absolute Gasteiger partial charge is 0.269 e. The Morgan fingerprint density at radius 1 is 1.24 bits per heavy atom. The highest BCUT2D eigenvalue weighted by atomic mass is 16.6. The zero-order valence-electron chi connectivity index (χ0n) is 11.5. The summed E-state index contributed by atoms with van der Waals surface area (Å²) in [5.74, 6) is 0. The van der Waals surface area contributed by atoms with Crippen molar-refractivity contribution in [1.82, 2.24) is 10.2 Å². The average Bonchev–Trinajstić information content (AvgIpc) is 2.51. The van der Waals surface area contributed by atoms with Crippen LogP contribution in [0.25, 0.3) is 0 Å². The van der Waals surface area contributed by atoms with E-state index in [4.69, 9.17) is 0 Å². The minimum atomic E-state index is -0.404. The lowest BCUT2D eigenvalue weighted by Crippen LogP contribution is -2.23. The minimum absolute atomic E-state index is 0.0748. The lowest BCUT2D eigenvalue weighted by atomic mass is 9.90. The molecule has 0 amide bonds. The van der Waals surface area contributed by atoms with Crippen LogP contribution in [0.2, 0.25) is 0 Å². The second-order valence-electron chi connectivity index (χ2n) is 5.27. The average molecular weight is 285 g/mol. The van der Waals surface area contributed by atoms with E-state index in [2.05, 4.69) is 10.2 Å². The van der Waals surface area contributed by atoms with E-state index in [0.29, 0.717) is 6.42 Å². The number of nitro groups is 1. The molecule has 3 rings (SSSR count). The molecule has 1 aromatic carbocycles. The van der Waals surface area contributed by atoms with Crippen LogP contribution in [0.3, 0.4) is 0 Å². The normalized spacial score (nSPS) is 13.7. The number of hydrogen-bond donors (Lipinski definition) is 1. The summed E-state index contributed by atoms with van der Waals surface area (Å²) in [6.07, 6.45) is 4.23. The molecule has 0 saturated heterocycles. The Hall–Kier alpha value is -2.50. The summed E-state index contributed by atoms with van der Waals surface area (Å²) >= 11 is 0. The summed E-state index contributed by atoms with van der Waals surface area (Å²) in [5.41, 5.74) is 3.48. The van der Waals surface area contributed by atoms with E-state index in [-0.39, 0.29) is 11.2 Å². The van der Waals surface area contributed by atoms with Crippen LogP contribution in [0.5, 0.6) is 0 Å². The fourth-order valence-corrected chi connectivity index (χ4v) is 2.85. The molecule has 0 radical (unpaired) electrons. The zero-order chi connectivity index (χ0) is 14.8. The Balaban J connectivity index is 1.97. The second-order valence-corrected chi connectivity index (χ2v) is 5.27. The van der Waals surface area contributed by atoms with Crippen LogP contribution in [-0.2, 0) is 19.3 Å². The SMILES string of the molecule is O=c1[nH]nc(Cc2cccc([N+](=O)[O-])c2)c2c1CCCC2. The van der Waals surface area contributed by atoms with E-state index in [0.717, 1.165) is 48.1 Å². The molecule has 6 nitrogen and oxygen atoms in total. The van der Waals surface area contributed by atoms with E-state index in [1.807, 2.05) is 6.07 Å². The first-order valence-electron chi connectivity index (χ1n) is 6.98. The molecule has 0 spiro atoms. The molecule has 21 heavy (non-hydrogen) atoms. The van der Waals surface area contributed by atoms with Crippen molar-refractivity contribution in [3.63, 3.8) is 0 Å². The van der Waals surface area contributed by atoms with Crippen molar-refractivity contribution in [2.45, 2.75) is 32.1 Å². The van der Waals surface area contributed by atoms with Crippen LogP contribution in [0, 0.1) is 10.1 Å². The first-order chi connectivity index (χ1) is 10.1. The Bertz CT molecular complexity index is 752. The summed E-state index contributed by atoms with van der Waals surface area (Å²) in [5, 5.41) is 17.5. The highest BCUT2D eigenvalue weighted by molar-refractivity contribution is 5.38. The molecule has 0 atom stereocenters. The topological polar surface area (TPSA) is 88.9 Å². The van der Waals surface area contributed by atoms with Gasteiger partial charge in [-0.3, -0.25) is 14.9 Å². The molecule has 1 N–H and O–H groups in total. The third kappa shape index (κ3) is 2.69. The maximum Gasteiger partial charge on any atom is 0.269 e. The predicted octanol–water partition coefficient (Wildman–Crippen LogP) is 2.15. The summed E-state index contributed by atoms with van der Waals surface area (Å²) < 4.78 is 0. The highest BCUT2D eigenvalue weighted by Gasteiger charge is 2.18. The van der Waals surface area contributed by atoms with Crippen LogP contribution in [0.15, 0.2) is 29.1 Å². The smallest absolute Gasteiger partial charge is 0.268 e. The van der Waals surface area contributed by atoms with Gasteiger partial charge >= 0.3 is 0 Å². The number of benzene rings is 1. The number of H-pyrrole nitrogens is 1. The van der Waals surface area contributed by atoms with Crippen LogP contribution in [0.4, 0.5) is 5.69 Å². The number of aromatic nitrogens is 2. The Morgan fingerprint density at radius 2 is 2.00 bits per heavy atom. The lowest BCUT2D eigenvalue weighted by Gasteiger charge is -2.17. The molecule has 2 aromatic rings. The van der Waals surface area contributed by atoms with Gasteiger partial charge in [-0.1, -0.05) is 12.1 Å². The van der Waals surface area contributed by atoms with E-state index < -0.39 is 4.92 Å². The van der Waals surface area contributed by atoms with Crippen molar-refractivity contribution in [3.8, 4) is 0 Å². The first-order valence-corrected chi connectivity index (χ1v) is 6.98. The van der Waals surface area contributed by atoms with Gasteiger partial charge < -0.3 is 0 Å². The number of nitrogens with one attached hydrogen (secondary N) is 1. The molecule has 0 bridgehead atoms. The third-order valence-electron chi connectivity index (χ3n) is 3.88. The Labute approximate surface area is 121 Å². The first kappa shape index (κ1) is 13.5. The van der Waals surface area contributed by atoms with Crippen LogP contribution < -0.4 is 5.56 Å². The van der Waals surface area contributed by atoms with Gasteiger partial charge in [0.2, 0.25) is 0 Å². The summed E-state index contributed by atoms with van der Waals surface area (Å²) in [6.45, 7) is 0. The van der Waals surface area contributed by atoms with Crippen molar-refractivity contribution in [1.29, 1.82) is 0 Å². The predicted molar refractivity (Wildman–Crippen MR) is 77.4 cm³/mol. The summed E-state index contributed by atoms with van der Waals surface area (Å²) in [6, 6.07) is 6.54. The fourth-order valence-electron chi connectivity index (χ4n) is 2.85. The van der Waals surface area contributed by atoms with E-state index in [1.165, 1.54) is 6.07 Å². The second kappa shape index (κ2) is 5.47. The van der Waals surface area contributed by atoms with Gasteiger partial charge in [0.1, 0.15) is 0 Å². The van der Waals surface area contributed by atoms with Gasteiger partial charge in [0.25, 0.3) is 11.2 Å². The number of hydrogen-bond acceptors (Lipinski definition) is 4. The van der Waals surface area contributed by atoms with Crippen molar-refractivity contribution < 1.29 is 4.92 Å². The van der Waals surface area contributed by atoms with Gasteiger partial charge in [-0.25, -0.2) is 5.10 Å². The summed E-state index contributed by atoms with van der Waals surface area (Å²) in [4.78, 5) is 22.2. The molecular formula is C15H15N3O3. The zero-order valence-corrected chi connectivity index (χ0v) is 11.5. The molecule has 0 fully saturated rings. The van der Waals surface area contributed by atoms with Gasteiger partial charge in [-0.05, 0) is 36.8 Å². The standard InChI is InChI=1S/C15H15N3O3/c19-15-13-7-2-1-6-12(13)14(16-17-15)9-10-4-3-5-11(8-10)18(20)21/h3-5,8H,1-2,6-7,9H2,(H,17,19). The maximum atomic E-state index is 11.8. The van der Waals surface area contributed by atoms with Crippen LogP contribution >= 0.6 is 0 Å². The van der Waals surface area contributed by atoms with Crippen LogP contribution in [0.1, 0.15) is 35.2 Å². The maximum absolute atomic E-state index is 11.8. The van der Waals surface area contributed by atoms with Gasteiger partial charge in [-0.2, -0.15) is 5.10 Å². The highest BCUT2D eigenvalue weighted by Crippen LogP contribution is 2.23. The van der Waals surface area contributed by atoms with Gasteiger partial charge in [0, 0.05) is 24.1 Å². The van der Waals surface area contributed by atoms with Gasteiger partial charge in [0.05, 0.1) is 10.6 Å².